The number of hydrogen-bond donors (Lipinski definition) is 2. The van der Waals surface area contributed by atoms with Gasteiger partial charge in [0.05, 0.1) is 25.4 Å². The molecule has 1 fully saturated rings. The smallest absolute Gasteiger partial charge is 0.270 e. The van der Waals surface area contributed by atoms with Crippen molar-refractivity contribution in [2.45, 2.75) is 19.1 Å². The molecule has 2 N–H and O–H groups in total. The summed E-state index contributed by atoms with van der Waals surface area (Å²) in [6.45, 7) is 2.52. The third-order valence-electron chi connectivity index (χ3n) is 3.78. The van der Waals surface area contributed by atoms with Gasteiger partial charge in [-0.25, -0.2) is 4.39 Å². The lowest BCUT2D eigenvalue weighted by Crippen LogP contribution is -2.52. The van der Waals surface area contributed by atoms with Crippen LogP contribution >= 0.6 is 0 Å². The second kappa shape index (κ2) is 5.46. The molecule has 1 aliphatic rings. The van der Waals surface area contributed by atoms with Gasteiger partial charge in [-0.05, 0) is 31.2 Å². The molecular formula is C15H17FN2O3. The third-order valence-corrected chi connectivity index (χ3v) is 3.78. The van der Waals surface area contributed by atoms with Crippen LogP contribution in [0.2, 0.25) is 0 Å². The molecule has 0 spiro atoms. The number of nitrogens with zero attached hydrogens (tertiary/aromatic N) is 1. The summed E-state index contributed by atoms with van der Waals surface area (Å²) in [7, 11) is 0. The average Bonchev–Trinajstić information content (AvgIpc) is 2.90. The number of H-pyrrole nitrogens is 1. The molecule has 1 aromatic carbocycles. The van der Waals surface area contributed by atoms with Crippen LogP contribution in [0.25, 0.3) is 10.9 Å². The number of benzene rings is 1. The molecule has 112 valence electrons. The number of aliphatic hydroxyl groups excluding tert-OH is 1. The molecule has 5 nitrogen and oxygen atoms in total. The number of carbonyl (C=O) groups excluding carboxylic acids is 1. The molecule has 1 aromatic heterocycles. The molecule has 3 rings (SSSR count). The predicted octanol–water partition coefficient (Wildman–Crippen LogP) is 1.53. The molecular weight excluding hydrogens is 275 g/mol. The number of fused-ring (bicyclic) bond motifs is 1. The fourth-order valence-corrected chi connectivity index (χ4v) is 2.58. The Morgan fingerprint density at radius 2 is 2.33 bits per heavy atom. The zero-order chi connectivity index (χ0) is 15.0. The number of morpholine rings is 1. The van der Waals surface area contributed by atoms with Gasteiger partial charge in [0.1, 0.15) is 11.5 Å². The van der Waals surface area contributed by atoms with Crippen LogP contribution in [-0.2, 0) is 4.74 Å². The van der Waals surface area contributed by atoms with Crippen LogP contribution in [0.5, 0.6) is 0 Å². The van der Waals surface area contributed by atoms with Gasteiger partial charge in [-0.1, -0.05) is 0 Å². The molecule has 2 unspecified atom stereocenters. The van der Waals surface area contributed by atoms with Crippen molar-refractivity contribution in [3.05, 3.63) is 35.8 Å². The van der Waals surface area contributed by atoms with Crippen LogP contribution in [0, 0.1) is 5.82 Å². The largest absolute Gasteiger partial charge is 0.394 e. The summed E-state index contributed by atoms with van der Waals surface area (Å²) in [5, 5.41) is 9.84. The number of hydrogen-bond acceptors (Lipinski definition) is 3. The topological polar surface area (TPSA) is 65.6 Å². The fraction of sp³-hybridized carbons (Fsp3) is 0.400. The van der Waals surface area contributed by atoms with Gasteiger partial charge >= 0.3 is 0 Å². The average molecular weight is 292 g/mol. The molecule has 2 heterocycles. The maximum Gasteiger partial charge on any atom is 0.270 e. The first kappa shape index (κ1) is 14.0. The van der Waals surface area contributed by atoms with Gasteiger partial charge in [-0.15, -0.1) is 0 Å². The number of rotatable bonds is 2. The number of carbonyl (C=O) groups is 1. The van der Waals surface area contributed by atoms with E-state index < -0.39 is 0 Å². The Bertz CT molecular complexity index is 670. The second-order valence-electron chi connectivity index (χ2n) is 5.36. The minimum atomic E-state index is -0.355. The van der Waals surface area contributed by atoms with Gasteiger partial charge < -0.3 is 19.7 Å². The number of amides is 1. The van der Waals surface area contributed by atoms with Crippen molar-refractivity contribution in [1.82, 2.24) is 9.88 Å². The molecule has 0 radical (unpaired) electrons. The summed E-state index contributed by atoms with van der Waals surface area (Å²) in [5.41, 5.74) is 1.14. The normalized spacial score (nSPS) is 22.7. The molecule has 0 bridgehead atoms. The Labute approximate surface area is 121 Å². The number of aromatic amines is 1. The molecule has 1 aliphatic heterocycles. The van der Waals surface area contributed by atoms with E-state index in [1.54, 1.807) is 17.0 Å². The second-order valence-corrected chi connectivity index (χ2v) is 5.36. The Morgan fingerprint density at radius 3 is 3.10 bits per heavy atom. The minimum Gasteiger partial charge on any atom is -0.394 e. The van der Waals surface area contributed by atoms with E-state index in [4.69, 9.17) is 4.74 Å². The highest BCUT2D eigenvalue weighted by molar-refractivity contribution is 5.98. The molecule has 0 aliphatic carbocycles. The summed E-state index contributed by atoms with van der Waals surface area (Å²) in [5.74, 6) is -0.499. The number of ether oxygens (including phenoxy) is 1. The molecule has 6 heteroatoms. The van der Waals surface area contributed by atoms with Crippen molar-refractivity contribution in [3.63, 3.8) is 0 Å². The van der Waals surface area contributed by atoms with Crippen LogP contribution in [0.15, 0.2) is 24.3 Å². The van der Waals surface area contributed by atoms with Gasteiger partial charge in [-0.2, -0.15) is 0 Å². The number of aliphatic hydroxyl groups is 1. The lowest BCUT2D eigenvalue weighted by molar-refractivity contribution is -0.0668. The highest BCUT2D eigenvalue weighted by atomic mass is 19.1. The standard InChI is InChI=1S/C15H17FN2O3/c1-9-8-21-12(7-19)6-18(9)15(20)14-5-10-4-11(16)2-3-13(10)17-14/h2-5,9,12,17,19H,6-8H2,1H3. The van der Waals surface area contributed by atoms with Crippen LogP contribution < -0.4 is 0 Å². The minimum absolute atomic E-state index is 0.0663. The lowest BCUT2D eigenvalue weighted by Gasteiger charge is -2.37. The summed E-state index contributed by atoms with van der Waals surface area (Å²) in [4.78, 5) is 17.3. The van der Waals surface area contributed by atoms with E-state index in [0.29, 0.717) is 24.2 Å². The van der Waals surface area contributed by atoms with Crippen molar-refractivity contribution in [2.24, 2.45) is 0 Å². The summed E-state index contributed by atoms with van der Waals surface area (Å²) in [6.07, 6.45) is -0.355. The molecule has 0 saturated carbocycles. The van der Waals surface area contributed by atoms with Gasteiger partial charge in [0, 0.05) is 17.4 Å². The number of halogens is 1. The van der Waals surface area contributed by atoms with E-state index >= 15 is 0 Å². The fourth-order valence-electron chi connectivity index (χ4n) is 2.58. The Hall–Kier alpha value is -1.92. The van der Waals surface area contributed by atoms with Crippen molar-refractivity contribution < 1.29 is 19.0 Å². The maximum absolute atomic E-state index is 13.2. The van der Waals surface area contributed by atoms with Crippen molar-refractivity contribution in [1.29, 1.82) is 0 Å². The van der Waals surface area contributed by atoms with E-state index in [1.165, 1.54) is 12.1 Å². The van der Waals surface area contributed by atoms with E-state index in [-0.39, 0.29) is 30.5 Å². The highest BCUT2D eigenvalue weighted by Gasteiger charge is 2.30. The predicted molar refractivity (Wildman–Crippen MR) is 75.6 cm³/mol. The van der Waals surface area contributed by atoms with E-state index in [0.717, 1.165) is 5.52 Å². The Balaban J connectivity index is 1.88. The van der Waals surface area contributed by atoms with E-state index in [9.17, 15) is 14.3 Å². The molecule has 2 atom stereocenters. The van der Waals surface area contributed by atoms with Crippen molar-refractivity contribution >= 4 is 16.8 Å². The maximum atomic E-state index is 13.2. The Morgan fingerprint density at radius 1 is 1.52 bits per heavy atom. The summed E-state index contributed by atoms with van der Waals surface area (Å²) in [6, 6.07) is 5.94. The van der Waals surface area contributed by atoms with Crippen LogP contribution in [-0.4, -0.2) is 52.8 Å². The summed E-state index contributed by atoms with van der Waals surface area (Å²) >= 11 is 0. The monoisotopic (exact) mass is 292 g/mol. The molecule has 1 saturated heterocycles. The van der Waals surface area contributed by atoms with Gasteiger partial charge in [0.15, 0.2) is 0 Å². The first-order valence-corrected chi connectivity index (χ1v) is 6.90. The molecule has 2 aromatic rings. The number of nitrogens with one attached hydrogen (secondary N) is 1. The zero-order valence-corrected chi connectivity index (χ0v) is 11.7. The van der Waals surface area contributed by atoms with Gasteiger partial charge in [-0.3, -0.25) is 4.79 Å². The first-order valence-electron chi connectivity index (χ1n) is 6.90. The van der Waals surface area contributed by atoms with Gasteiger partial charge in [0.25, 0.3) is 5.91 Å². The number of aromatic nitrogens is 1. The van der Waals surface area contributed by atoms with Crippen LogP contribution in [0.1, 0.15) is 17.4 Å². The van der Waals surface area contributed by atoms with E-state index in [1.807, 2.05) is 6.92 Å². The van der Waals surface area contributed by atoms with Crippen molar-refractivity contribution in [2.75, 3.05) is 19.8 Å². The quantitative estimate of drug-likeness (QED) is 0.882. The van der Waals surface area contributed by atoms with Gasteiger partial charge in [0.2, 0.25) is 0 Å². The lowest BCUT2D eigenvalue weighted by atomic mass is 10.2. The highest BCUT2D eigenvalue weighted by Crippen LogP contribution is 2.20. The van der Waals surface area contributed by atoms with Crippen LogP contribution in [0.3, 0.4) is 0 Å². The summed E-state index contributed by atoms with van der Waals surface area (Å²) < 4.78 is 18.6. The van der Waals surface area contributed by atoms with Crippen LogP contribution in [0.4, 0.5) is 4.39 Å². The van der Waals surface area contributed by atoms with Crippen molar-refractivity contribution in [3.8, 4) is 0 Å². The zero-order valence-electron chi connectivity index (χ0n) is 11.7. The Kier molecular flexibility index (Phi) is 3.65. The molecule has 1 amide bonds. The SMILES string of the molecule is CC1COC(CO)CN1C(=O)c1cc2cc(F)ccc2[nH]1. The first-order chi connectivity index (χ1) is 10.1. The van der Waals surface area contributed by atoms with E-state index in [2.05, 4.69) is 4.98 Å². The third kappa shape index (κ3) is 2.64. The molecule has 21 heavy (non-hydrogen) atoms.